The van der Waals surface area contributed by atoms with Crippen molar-refractivity contribution in [2.24, 2.45) is 11.3 Å². The predicted octanol–water partition coefficient (Wildman–Crippen LogP) is 5.59. The molecule has 0 aliphatic carbocycles. The van der Waals surface area contributed by atoms with E-state index in [-0.39, 0.29) is 5.41 Å². The van der Waals surface area contributed by atoms with Crippen LogP contribution in [0, 0.1) is 11.3 Å². The molecule has 16 heavy (non-hydrogen) atoms. The molecule has 1 aromatic rings. The van der Waals surface area contributed by atoms with Crippen LogP contribution in [0.4, 0.5) is 0 Å². The van der Waals surface area contributed by atoms with Gasteiger partial charge in [-0.15, -0.1) is 0 Å². The van der Waals surface area contributed by atoms with Gasteiger partial charge in [0.25, 0.3) is 0 Å². The predicted molar refractivity (Wildman–Crippen MR) is 76.9 cm³/mol. The lowest BCUT2D eigenvalue weighted by atomic mass is 9.78. The summed E-state index contributed by atoms with van der Waals surface area (Å²) in [5.41, 5.74) is 1.30. The molecular weight excluding hydrogens is 307 g/mol. The zero-order valence-corrected chi connectivity index (χ0v) is 13.0. The van der Waals surface area contributed by atoms with Crippen LogP contribution in [0.3, 0.4) is 0 Å². The molecule has 1 atom stereocenters. The monoisotopic (exact) mass is 322 g/mol. The van der Waals surface area contributed by atoms with E-state index in [4.69, 9.17) is 23.2 Å². The maximum Gasteiger partial charge on any atom is 0.0452 e. The van der Waals surface area contributed by atoms with Gasteiger partial charge in [0.15, 0.2) is 0 Å². The number of rotatable bonds is 3. The first-order valence-electron chi connectivity index (χ1n) is 5.35. The van der Waals surface area contributed by atoms with Crippen LogP contribution in [0.15, 0.2) is 18.2 Å². The second kappa shape index (κ2) is 5.75. The maximum atomic E-state index is 6.18. The van der Waals surface area contributed by atoms with Crippen LogP contribution in [0.2, 0.25) is 10.0 Å². The highest BCUT2D eigenvalue weighted by atomic mass is 79.9. The first-order chi connectivity index (χ1) is 7.36. The van der Waals surface area contributed by atoms with Gasteiger partial charge in [-0.25, -0.2) is 0 Å². The van der Waals surface area contributed by atoms with E-state index in [1.807, 2.05) is 18.2 Å². The van der Waals surface area contributed by atoms with E-state index in [9.17, 15) is 0 Å². The summed E-state index contributed by atoms with van der Waals surface area (Å²) in [6, 6.07) is 5.68. The molecule has 0 bridgehead atoms. The number of benzene rings is 1. The largest absolute Gasteiger partial charge is 0.0925 e. The lowest BCUT2D eigenvalue weighted by Crippen LogP contribution is -2.24. The van der Waals surface area contributed by atoms with Crippen molar-refractivity contribution in [1.29, 1.82) is 0 Å². The summed E-state index contributed by atoms with van der Waals surface area (Å²) in [5, 5.41) is 2.49. The van der Waals surface area contributed by atoms with Crippen LogP contribution in [-0.2, 0) is 6.42 Å². The topological polar surface area (TPSA) is 0 Å². The number of hydrogen-bond acceptors (Lipinski definition) is 0. The third-order valence-corrected chi connectivity index (χ3v) is 4.41. The van der Waals surface area contributed by atoms with Crippen molar-refractivity contribution in [2.45, 2.75) is 27.2 Å². The molecule has 0 nitrogen and oxygen atoms in total. The third-order valence-electron chi connectivity index (χ3n) is 2.92. The Kier molecular flexibility index (Phi) is 5.15. The molecule has 0 aromatic heterocycles. The molecule has 0 N–H and O–H groups in total. The summed E-state index contributed by atoms with van der Waals surface area (Å²) in [5.74, 6) is 0.518. The second-order valence-electron chi connectivity index (χ2n) is 5.12. The van der Waals surface area contributed by atoms with Crippen molar-refractivity contribution < 1.29 is 0 Å². The standard InChI is InChI=1S/C13H17BrCl2/c1-13(2,3)9(8-14)7-10-11(15)5-4-6-12(10)16/h4-6,9H,7-8H2,1-3H3. The van der Waals surface area contributed by atoms with Gasteiger partial charge >= 0.3 is 0 Å². The molecule has 0 heterocycles. The van der Waals surface area contributed by atoms with Crippen LogP contribution < -0.4 is 0 Å². The first-order valence-corrected chi connectivity index (χ1v) is 7.23. The van der Waals surface area contributed by atoms with Crippen LogP contribution in [0.1, 0.15) is 26.3 Å². The van der Waals surface area contributed by atoms with Crippen molar-refractivity contribution in [2.75, 3.05) is 5.33 Å². The Labute approximate surface area is 116 Å². The minimum absolute atomic E-state index is 0.242. The van der Waals surface area contributed by atoms with E-state index in [0.29, 0.717) is 5.92 Å². The zero-order chi connectivity index (χ0) is 12.3. The zero-order valence-electron chi connectivity index (χ0n) is 9.86. The maximum absolute atomic E-state index is 6.18. The molecular formula is C13H17BrCl2. The van der Waals surface area contributed by atoms with Gasteiger partial charge in [-0.2, -0.15) is 0 Å². The molecule has 0 saturated heterocycles. The summed E-state index contributed by atoms with van der Waals surface area (Å²) in [6.45, 7) is 6.72. The van der Waals surface area contributed by atoms with Crippen molar-refractivity contribution in [3.05, 3.63) is 33.8 Å². The number of hydrogen-bond donors (Lipinski definition) is 0. The van der Waals surface area contributed by atoms with Crippen molar-refractivity contribution in [1.82, 2.24) is 0 Å². The van der Waals surface area contributed by atoms with Gasteiger partial charge in [0, 0.05) is 15.4 Å². The Bertz CT molecular complexity index is 335. The second-order valence-corrected chi connectivity index (χ2v) is 6.58. The third kappa shape index (κ3) is 3.65. The highest BCUT2D eigenvalue weighted by Crippen LogP contribution is 2.34. The fourth-order valence-electron chi connectivity index (χ4n) is 1.57. The quantitative estimate of drug-likeness (QED) is 0.636. The van der Waals surface area contributed by atoms with Crippen LogP contribution in [0.5, 0.6) is 0 Å². The van der Waals surface area contributed by atoms with E-state index in [1.54, 1.807) is 0 Å². The van der Waals surface area contributed by atoms with Crippen molar-refractivity contribution in [3.63, 3.8) is 0 Å². The van der Waals surface area contributed by atoms with Gasteiger partial charge in [0.1, 0.15) is 0 Å². The fourth-order valence-corrected chi connectivity index (χ4v) is 3.32. The SMILES string of the molecule is CC(C)(C)C(CBr)Cc1c(Cl)cccc1Cl. The van der Waals surface area contributed by atoms with Gasteiger partial charge in [-0.05, 0) is 35.4 Å². The highest BCUT2D eigenvalue weighted by Gasteiger charge is 2.25. The number of alkyl halides is 1. The molecule has 0 aliphatic heterocycles. The van der Waals surface area contributed by atoms with E-state index in [2.05, 4.69) is 36.7 Å². The molecule has 0 aliphatic rings. The van der Waals surface area contributed by atoms with Gasteiger partial charge in [0.2, 0.25) is 0 Å². The molecule has 0 radical (unpaired) electrons. The molecule has 0 saturated carbocycles. The van der Waals surface area contributed by atoms with Crippen LogP contribution >= 0.6 is 39.1 Å². The molecule has 1 rings (SSSR count). The van der Waals surface area contributed by atoms with Crippen molar-refractivity contribution >= 4 is 39.1 Å². The normalized spacial score (nSPS) is 13.9. The molecule has 0 amide bonds. The molecule has 0 spiro atoms. The van der Waals surface area contributed by atoms with E-state index < -0.39 is 0 Å². The average Bonchev–Trinajstić information content (AvgIpc) is 2.15. The Hall–Kier alpha value is 0.280. The summed E-state index contributed by atoms with van der Waals surface area (Å²) in [4.78, 5) is 0. The summed E-state index contributed by atoms with van der Waals surface area (Å²) >= 11 is 15.9. The summed E-state index contributed by atoms with van der Waals surface area (Å²) < 4.78 is 0. The molecule has 1 unspecified atom stereocenters. The van der Waals surface area contributed by atoms with E-state index in [0.717, 1.165) is 27.4 Å². The van der Waals surface area contributed by atoms with Crippen LogP contribution in [-0.4, -0.2) is 5.33 Å². The van der Waals surface area contributed by atoms with Crippen molar-refractivity contribution in [3.8, 4) is 0 Å². The van der Waals surface area contributed by atoms with Gasteiger partial charge < -0.3 is 0 Å². The Morgan fingerprint density at radius 1 is 1.19 bits per heavy atom. The van der Waals surface area contributed by atoms with Gasteiger partial charge in [0.05, 0.1) is 0 Å². The van der Waals surface area contributed by atoms with Gasteiger partial charge in [-0.3, -0.25) is 0 Å². The lowest BCUT2D eigenvalue weighted by Gasteiger charge is -2.29. The molecule has 0 fully saturated rings. The lowest BCUT2D eigenvalue weighted by molar-refractivity contribution is 0.267. The van der Waals surface area contributed by atoms with Gasteiger partial charge in [-0.1, -0.05) is 66.0 Å². The Morgan fingerprint density at radius 3 is 2.06 bits per heavy atom. The number of halogens is 3. The highest BCUT2D eigenvalue weighted by molar-refractivity contribution is 9.09. The first kappa shape index (κ1) is 14.3. The minimum Gasteiger partial charge on any atom is -0.0925 e. The fraction of sp³-hybridized carbons (Fsp3) is 0.538. The summed E-state index contributed by atoms with van der Waals surface area (Å²) in [6.07, 6.45) is 0.910. The minimum atomic E-state index is 0.242. The Balaban J connectivity index is 2.95. The Morgan fingerprint density at radius 2 is 1.69 bits per heavy atom. The van der Waals surface area contributed by atoms with E-state index in [1.165, 1.54) is 0 Å². The average molecular weight is 324 g/mol. The van der Waals surface area contributed by atoms with E-state index >= 15 is 0 Å². The summed E-state index contributed by atoms with van der Waals surface area (Å²) in [7, 11) is 0. The van der Waals surface area contributed by atoms with Crippen LogP contribution in [0.25, 0.3) is 0 Å². The smallest absolute Gasteiger partial charge is 0.0452 e. The molecule has 90 valence electrons. The molecule has 3 heteroatoms. The molecule has 1 aromatic carbocycles.